The van der Waals surface area contributed by atoms with Gasteiger partial charge in [-0.25, -0.2) is 0 Å². The minimum atomic E-state index is 0.0919. The highest BCUT2D eigenvalue weighted by Gasteiger charge is 2.19. The Morgan fingerprint density at radius 2 is 1.84 bits per heavy atom. The molecule has 19 heavy (non-hydrogen) atoms. The van der Waals surface area contributed by atoms with Crippen LogP contribution in [0.5, 0.6) is 5.75 Å². The van der Waals surface area contributed by atoms with E-state index in [2.05, 4.69) is 18.8 Å². The highest BCUT2D eigenvalue weighted by atomic mass is 16.5. The standard InChI is InChI=1S/C16H25NO2/c1-5-7-13(8-6-2)16(18)14-9-15(11-17-10-14)19-12(3)4/h9-13H,5-8H2,1-4H3. The van der Waals surface area contributed by atoms with Gasteiger partial charge in [0.25, 0.3) is 0 Å². The third kappa shape index (κ3) is 5.01. The highest BCUT2D eigenvalue weighted by molar-refractivity contribution is 5.97. The highest BCUT2D eigenvalue weighted by Crippen LogP contribution is 2.21. The number of Topliss-reactive ketones (excluding diaryl/α,β-unsaturated/α-hetero) is 1. The summed E-state index contributed by atoms with van der Waals surface area (Å²) in [4.78, 5) is 16.6. The normalized spacial score (nSPS) is 11.1. The Bertz CT molecular complexity index is 395. The molecular weight excluding hydrogens is 238 g/mol. The molecule has 0 saturated carbocycles. The maximum atomic E-state index is 12.5. The van der Waals surface area contributed by atoms with Crippen LogP contribution in [0.3, 0.4) is 0 Å². The summed E-state index contributed by atoms with van der Waals surface area (Å²) in [5.41, 5.74) is 0.671. The first kappa shape index (κ1) is 15.7. The molecular formula is C16H25NO2. The van der Waals surface area contributed by atoms with E-state index in [0.717, 1.165) is 25.7 Å². The molecule has 0 N–H and O–H groups in total. The molecule has 1 heterocycles. The van der Waals surface area contributed by atoms with Crippen molar-refractivity contribution in [1.29, 1.82) is 0 Å². The van der Waals surface area contributed by atoms with E-state index >= 15 is 0 Å². The van der Waals surface area contributed by atoms with E-state index in [4.69, 9.17) is 4.74 Å². The second kappa shape index (κ2) is 7.93. The average Bonchev–Trinajstić information content (AvgIpc) is 2.37. The third-order valence-electron chi connectivity index (χ3n) is 3.01. The molecule has 0 atom stereocenters. The van der Waals surface area contributed by atoms with Crippen molar-refractivity contribution in [3.8, 4) is 5.75 Å². The molecule has 3 heteroatoms. The number of ether oxygens (including phenoxy) is 1. The van der Waals surface area contributed by atoms with Crippen LogP contribution in [0.1, 0.15) is 63.7 Å². The van der Waals surface area contributed by atoms with Gasteiger partial charge in [0.05, 0.1) is 12.3 Å². The molecule has 1 aromatic rings. The van der Waals surface area contributed by atoms with Gasteiger partial charge in [-0.15, -0.1) is 0 Å². The van der Waals surface area contributed by atoms with Crippen LogP contribution in [0.4, 0.5) is 0 Å². The molecule has 106 valence electrons. The van der Waals surface area contributed by atoms with Crippen LogP contribution in [0.25, 0.3) is 0 Å². The molecule has 0 amide bonds. The number of ketones is 1. The Morgan fingerprint density at radius 1 is 1.21 bits per heavy atom. The van der Waals surface area contributed by atoms with Crippen molar-refractivity contribution >= 4 is 5.78 Å². The summed E-state index contributed by atoms with van der Waals surface area (Å²) in [6.45, 7) is 8.16. The minimum Gasteiger partial charge on any atom is -0.489 e. The molecule has 0 aliphatic heterocycles. The van der Waals surface area contributed by atoms with Crippen LogP contribution in [0.2, 0.25) is 0 Å². The molecule has 0 spiro atoms. The van der Waals surface area contributed by atoms with Crippen LogP contribution in [-0.2, 0) is 0 Å². The van der Waals surface area contributed by atoms with Crippen LogP contribution >= 0.6 is 0 Å². The largest absolute Gasteiger partial charge is 0.489 e. The van der Waals surface area contributed by atoms with Gasteiger partial charge >= 0.3 is 0 Å². The fourth-order valence-corrected chi connectivity index (χ4v) is 2.23. The molecule has 3 nitrogen and oxygen atoms in total. The van der Waals surface area contributed by atoms with Gasteiger partial charge < -0.3 is 4.74 Å². The van der Waals surface area contributed by atoms with Crippen molar-refractivity contribution in [1.82, 2.24) is 4.98 Å². The number of carbonyl (C=O) groups excluding carboxylic acids is 1. The Kier molecular flexibility index (Phi) is 6.54. The molecule has 0 fully saturated rings. The number of pyridine rings is 1. The smallest absolute Gasteiger partial charge is 0.167 e. The predicted octanol–water partition coefficient (Wildman–Crippen LogP) is 4.27. The first-order chi connectivity index (χ1) is 9.08. The van der Waals surface area contributed by atoms with Crippen LogP contribution in [0.15, 0.2) is 18.5 Å². The molecule has 0 aromatic carbocycles. The predicted molar refractivity (Wildman–Crippen MR) is 77.6 cm³/mol. The fraction of sp³-hybridized carbons (Fsp3) is 0.625. The van der Waals surface area contributed by atoms with Crippen LogP contribution in [0, 0.1) is 5.92 Å². The van der Waals surface area contributed by atoms with E-state index in [1.165, 1.54) is 0 Å². The Hall–Kier alpha value is -1.38. The van der Waals surface area contributed by atoms with Gasteiger partial charge in [0.15, 0.2) is 5.78 Å². The second-order valence-electron chi connectivity index (χ2n) is 5.21. The number of nitrogens with zero attached hydrogens (tertiary/aromatic N) is 1. The summed E-state index contributed by atoms with van der Waals surface area (Å²) >= 11 is 0. The second-order valence-corrected chi connectivity index (χ2v) is 5.21. The summed E-state index contributed by atoms with van der Waals surface area (Å²) in [6.07, 6.45) is 7.36. The monoisotopic (exact) mass is 263 g/mol. The van der Waals surface area contributed by atoms with E-state index in [1.54, 1.807) is 12.4 Å². The Morgan fingerprint density at radius 3 is 2.37 bits per heavy atom. The van der Waals surface area contributed by atoms with Crippen molar-refractivity contribution in [3.63, 3.8) is 0 Å². The van der Waals surface area contributed by atoms with Gasteiger partial charge in [0, 0.05) is 17.7 Å². The summed E-state index contributed by atoms with van der Waals surface area (Å²) in [6, 6.07) is 1.81. The zero-order chi connectivity index (χ0) is 14.3. The van der Waals surface area contributed by atoms with Crippen molar-refractivity contribution < 1.29 is 9.53 Å². The van der Waals surface area contributed by atoms with Gasteiger partial charge in [-0.05, 0) is 32.8 Å². The molecule has 1 aromatic heterocycles. The van der Waals surface area contributed by atoms with Crippen molar-refractivity contribution in [2.45, 2.75) is 59.5 Å². The number of carbonyl (C=O) groups is 1. The lowest BCUT2D eigenvalue weighted by Crippen LogP contribution is -2.15. The summed E-state index contributed by atoms with van der Waals surface area (Å²) in [5.74, 6) is 0.990. The summed E-state index contributed by atoms with van der Waals surface area (Å²) in [7, 11) is 0. The molecule has 0 bridgehead atoms. The minimum absolute atomic E-state index is 0.0919. The van der Waals surface area contributed by atoms with Gasteiger partial charge in [0.2, 0.25) is 0 Å². The number of aromatic nitrogens is 1. The fourth-order valence-electron chi connectivity index (χ4n) is 2.23. The summed E-state index contributed by atoms with van der Waals surface area (Å²) < 4.78 is 5.59. The first-order valence-electron chi connectivity index (χ1n) is 7.24. The van der Waals surface area contributed by atoms with Crippen LogP contribution < -0.4 is 4.74 Å². The third-order valence-corrected chi connectivity index (χ3v) is 3.01. The summed E-state index contributed by atoms with van der Waals surface area (Å²) in [5, 5.41) is 0. The maximum Gasteiger partial charge on any atom is 0.167 e. The van der Waals surface area contributed by atoms with Gasteiger partial charge in [0.1, 0.15) is 5.75 Å². The van der Waals surface area contributed by atoms with E-state index in [-0.39, 0.29) is 17.8 Å². The molecule has 0 saturated heterocycles. The van der Waals surface area contributed by atoms with Gasteiger partial charge in [-0.3, -0.25) is 9.78 Å². The SMILES string of the molecule is CCCC(CCC)C(=O)c1cncc(OC(C)C)c1. The van der Waals surface area contributed by atoms with E-state index in [1.807, 2.05) is 19.9 Å². The quantitative estimate of drug-likeness (QED) is 0.657. The Balaban J connectivity index is 2.84. The molecule has 0 radical (unpaired) electrons. The van der Waals surface area contributed by atoms with Crippen molar-refractivity contribution in [2.75, 3.05) is 0 Å². The van der Waals surface area contributed by atoms with Gasteiger partial charge in [-0.1, -0.05) is 26.7 Å². The lowest BCUT2D eigenvalue weighted by atomic mass is 9.90. The molecule has 0 unspecified atom stereocenters. The number of hydrogen-bond donors (Lipinski definition) is 0. The topological polar surface area (TPSA) is 39.2 Å². The lowest BCUT2D eigenvalue weighted by Gasteiger charge is -2.15. The number of rotatable bonds is 8. The number of hydrogen-bond acceptors (Lipinski definition) is 3. The van der Waals surface area contributed by atoms with E-state index in [0.29, 0.717) is 11.3 Å². The first-order valence-corrected chi connectivity index (χ1v) is 7.24. The van der Waals surface area contributed by atoms with E-state index < -0.39 is 0 Å². The van der Waals surface area contributed by atoms with Gasteiger partial charge in [-0.2, -0.15) is 0 Å². The van der Waals surface area contributed by atoms with Crippen molar-refractivity contribution in [3.05, 3.63) is 24.0 Å². The Labute approximate surface area is 116 Å². The maximum absolute atomic E-state index is 12.5. The average molecular weight is 263 g/mol. The molecule has 1 rings (SSSR count). The zero-order valence-electron chi connectivity index (χ0n) is 12.5. The lowest BCUT2D eigenvalue weighted by molar-refractivity contribution is 0.0903. The zero-order valence-corrected chi connectivity index (χ0v) is 12.5. The van der Waals surface area contributed by atoms with Crippen molar-refractivity contribution in [2.24, 2.45) is 5.92 Å². The van der Waals surface area contributed by atoms with E-state index in [9.17, 15) is 4.79 Å². The van der Waals surface area contributed by atoms with Crippen LogP contribution in [-0.4, -0.2) is 16.9 Å². The molecule has 0 aliphatic rings. The molecule has 0 aliphatic carbocycles.